The van der Waals surface area contributed by atoms with E-state index < -0.39 is 5.97 Å². The molecule has 0 bridgehead atoms. The molecular formula is C16H30O2. The predicted octanol–water partition coefficient (Wildman–Crippen LogP) is 5.02. The van der Waals surface area contributed by atoms with Crippen molar-refractivity contribution in [2.24, 2.45) is 11.8 Å². The molecule has 2 unspecified atom stereocenters. The normalized spacial score (nSPS) is 24.1. The zero-order valence-corrected chi connectivity index (χ0v) is 12.0. The van der Waals surface area contributed by atoms with Crippen molar-refractivity contribution < 1.29 is 9.90 Å². The van der Waals surface area contributed by atoms with Gasteiger partial charge >= 0.3 is 5.97 Å². The largest absolute Gasteiger partial charge is 0.481 e. The average molecular weight is 254 g/mol. The maximum absolute atomic E-state index is 11.2. The van der Waals surface area contributed by atoms with E-state index in [1.54, 1.807) is 0 Å². The molecule has 0 aromatic carbocycles. The first-order valence-corrected chi connectivity index (χ1v) is 7.98. The van der Waals surface area contributed by atoms with E-state index in [4.69, 9.17) is 0 Å². The molecule has 18 heavy (non-hydrogen) atoms. The molecule has 0 aliphatic heterocycles. The summed E-state index contributed by atoms with van der Waals surface area (Å²) in [6.07, 6.45) is 14.8. The van der Waals surface area contributed by atoms with Crippen molar-refractivity contribution in [3.05, 3.63) is 0 Å². The van der Waals surface area contributed by atoms with Crippen LogP contribution in [0, 0.1) is 11.8 Å². The number of carboxylic acids is 1. The van der Waals surface area contributed by atoms with Gasteiger partial charge < -0.3 is 5.11 Å². The number of hydrogen-bond acceptors (Lipinski definition) is 1. The van der Waals surface area contributed by atoms with E-state index in [1.807, 2.05) is 0 Å². The van der Waals surface area contributed by atoms with E-state index in [0.29, 0.717) is 5.92 Å². The number of unbranched alkanes of at least 4 members (excludes halogenated alkanes) is 6. The molecule has 1 saturated carbocycles. The van der Waals surface area contributed by atoms with E-state index in [-0.39, 0.29) is 5.92 Å². The molecule has 106 valence electrons. The fourth-order valence-corrected chi connectivity index (χ4v) is 3.24. The van der Waals surface area contributed by atoms with Gasteiger partial charge in [-0.15, -0.1) is 0 Å². The van der Waals surface area contributed by atoms with E-state index >= 15 is 0 Å². The molecule has 0 heterocycles. The summed E-state index contributed by atoms with van der Waals surface area (Å²) >= 11 is 0. The molecule has 0 spiro atoms. The van der Waals surface area contributed by atoms with E-state index in [0.717, 1.165) is 25.7 Å². The number of rotatable bonds is 9. The number of hydrogen-bond donors (Lipinski definition) is 1. The van der Waals surface area contributed by atoms with Gasteiger partial charge in [-0.25, -0.2) is 0 Å². The van der Waals surface area contributed by atoms with Gasteiger partial charge in [-0.05, 0) is 25.2 Å². The zero-order chi connectivity index (χ0) is 13.2. The lowest BCUT2D eigenvalue weighted by molar-refractivity contribution is -0.145. The first kappa shape index (κ1) is 15.5. The first-order chi connectivity index (χ1) is 8.75. The second kappa shape index (κ2) is 9.41. The van der Waals surface area contributed by atoms with Gasteiger partial charge in [0.15, 0.2) is 0 Å². The number of aliphatic carboxylic acids is 1. The first-order valence-electron chi connectivity index (χ1n) is 7.98. The summed E-state index contributed by atoms with van der Waals surface area (Å²) in [5.74, 6) is -0.131. The van der Waals surface area contributed by atoms with Crippen LogP contribution in [0.3, 0.4) is 0 Å². The van der Waals surface area contributed by atoms with Crippen LogP contribution in [0.5, 0.6) is 0 Å². The Balaban J connectivity index is 2.07. The predicted molar refractivity (Wildman–Crippen MR) is 75.7 cm³/mol. The smallest absolute Gasteiger partial charge is 0.306 e. The summed E-state index contributed by atoms with van der Waals surface area (Å²) in [6.45, 7) is 2.25. The van der Waals surface area contributed by atoms with E-state index in [2.05, 4.69) is 6.92 Å². The number of carbonyl (C=O) groups is 1. The maximum atomic E-state index is 11.2. The van der Waals surface area contributed by atoms with Crippen molar-refractivity contribution in [2.45, 2.75) is 84.0 Å². The Morgan fingerprint density at radius 3 is 2.28 bits per heavy atom. The van der Waals surface area contributed by atoms with Crippen molar-refractivity contribution in [1.82, 2.24) is 0 Å². The molecule has 1 N–H and O–H groups in total. The molecule has 2 nitrogen and oxygen atoms in total. The van der Waals surface area contributed by atoms with Crippen LogP contribution in [0.25, 0.3) is 0 Å². The molecule has 2 atom stereocenters. The standard InChI is InChI=1S/C16H30O2/c1-2-3-4-5-6-7-8-11-14-12-9-10-13-15(14)16(17)18/h14-15H,2-13H2,1H3,(H,17,18). The highest BCUT2D eigenvalue weighted by atomic mass is 16.4. The lowest BCUT2D eigenvalue weighted by Crippen LogP contribution is -2.26. The van der Waals surface area contributed by atoms with Gasteiger partial charge in [0.05, 0.1) is 5.92 Å². The lowest BCUT2D eigenvalue weighted by Gasteiger charge is -2.28. The van der Waals surface area contributed by atoms with E-state index in [1.165, 1.54) is 51.4 Å². The molecule has 0 aromatic rings. The highest BCUT2D eigenvalue weighted by Gasteiger charge is 2.29. The van der Waals surface area contributed by atoms with E-state index in [9.17, 15) is 9.90 Å². The fraction of sp³-hybridized carbons (Fsp3) is 0.938. The quantitative estimate of drug-likeness (QED) is 0.587. The minimum atomic E-state index is -0.553. The monoisotopic (exact) mass is 254 g/mol. The topological polar surface area (TPSA) is 37.3 Å². The third-order valence-electron chi connectivity index (χ3n) is 4.40. The molecule has 1 aliphatic carbocycles. The minimum absolute atomic E-state index is 0.0427. The van der Waals surface area contributed by atoms with Crippen LogP contribution < -0.4 is 0 Å². The maximum Gasteiger partial charge on any atom is 0.306 e. The Hall–Kier alpha value is -0.530. The van der Waals surface area contributed by atoms with Gasteiger partial charge in [-0.2, -0.15) is 0 Å². The van der Waals surface area contributed by atoms with Crippen molar-refractivity contribution in [3.63, 3.8) is 0 Å². The second-order valence-corrected chi connectivity index (χ2v) is 5.90. The fourth-order valence-electron chi connectivity index (χ4n) is 3.24. The molecular weight excluding hydrogens is 224 g/mol. The second-order valence-electron chi connectivity index (χ2n) is 5.90. The molecule has 1 rings (SSSR count). The average Bonchev–Trinajstić information content (AvgIpc) is 2.38. The van der Waals surface area contributed by atoms with Gasteiger partial charge in [0.25, 0.3) is 0 Å². The lowest BCUT2D eigenvalue weighted by atomic mass is 9.76. The summed E-state index contributed by atoms with van der Waals surface area (Å²) in [5.41, 5.74) is 0. The van der Waals surface area contributed by atoms with Crippen molar-refractivity contribution in [3.8, 4) is 0 Å². The molecule has 2 heteroatoms. The Morgan fingerprint density at radius 2 is 1.61 bits per heavy atom. The number of carboxylic acid groups (broad SMARTS) is 1. The summed E-state index contributed by atoms with van der Waals surface area (Å²) in [5, 5.41) is 9.21. The van der Waals surface area contributed by atoms with Crippen molar-refractivity contribution in [2.75, 3.05) is 0 Å². The summed E-state index contributed by atoms with van der Waals surface area (Å²) in [6, 6.07) is 0. The van der Waals surface area contributed by atoms with Crippen LogP contribution in [0.1, 0.15) is 84.0 Å². The zero-order valence-electron chi connectivity index (χ0n) is 12.0. The van der Waals surface area contributed by atoms with Crippen LogP contribution in [-0.2, 0) is 4.79 Å². The van der Waals surface area contributed by atoms with Gasteiger partial charge in [0, 0.05) is 0 Å². The summed E-state index contributed by atoms with van der Waals surface area (Å²) in [7, 11) is 0. The molecule has 0 saturated heterocycles. The highest BCUT2D eigenvalue weighted by molar-refractivity contribution is 5.70. The van der Waals surface area contributed by atoms with Crippen molar-refractivity contribution >= 4 is 5.97 Å². The third-order valence-corrected chi connectivity index (χ3v) is 4.40. The van der Waals surface area contributed by atoms with Crippen LogP contribution in [0.15, 0.2) is 0 Å². The Morgan fingerprint density at radius 1 is 1.00 bits per heavy atom. The molecule has 0 radical (unpaired) electrons. The Bertz CT molecular complexity index is 225. The summed E-state index contributed by atoms with van der Waals surface area (Å²) in [4.78, 5) is 11.2. The van der Waals surface area contributed by atoms with Gasteiger partial charge in [-0.3, -0.25) is 4.79 Å². The van der Waals surface area contributed by atoms with Gasteiger partial charge in [-0.1, -0.05) is 64.7 Å². The summed E-state index contributed by atoms with van der Waals surface area (Å²) < 4.78 is 0. The van der Waals surface area contributed by atoms with Crippen LogP contribution >= 0.6 is 0 Å². The van der Waals surface area contributed by atoms with Crippen LogP contribution in [0.2, 0.25) is 0 Å². The van der Waals surface area contributed by atoms with Crippen molar-refractivity contribution in [1.29, 1.82) is 0 Å². The van der Waals surface area contributed by atoms with Gasteiger partial charge in [0.2, 0.25) is 0 Å². The van der Waals surface area contributed by atoms with Crippen LogP contribution in [-0.4, -0.2) is 11.1 Å². The van der Waals surface area contributed by atoms with Crippen LogP contribution in [0.4, 0.5) is 0 Å². The molecule has 0 aromatic heterocycles. The molecule has 1 aliphatic rings. The minimum Gasteiger partial charge on any atom is -0.481 e. The Labute approximate surface area is 112 Å². The molecule has 0 amide bonds. The van der Waals surface area contributed by atoms with Gasteiger partial charge in [0.1, 0.15) is 0 Å². The SMILES string of the molecule is CCCCCCCCCC1CCCCC1C(=O)O. The molecule has 1 fully saturated rings. The highest BCUT2D eigenvalue weighted by Crippen LogP contribution is 2.33. The third kappa shape index (κ3) is 5.88. The Kier molecular flexibility index (Phi) is 8.11.